The van der Waals surface area contributed by atoms with Gasteiger partial charge in [-0.2, -0.15) is 0 Å². The molecule has 1 aromatic carbocycles. The highest BCUT2D eigenvalue weighted by Crippen LogP contribution is 2.08. The lowest BCUT2D eigenvalue weighted by atomic mass is 10.1. The van der Waals surface area contributed by atoms with E-state index >= 15 is 0 Å². The van der Waals surface area contributed by atoms with Gasteiger partial charge in [0.15, 0.2) is 0 Å². The zero-order valence-electron chi connectivity index (χ0n) is 14.0. The number of amides is 3. The zero-order chi connectivity index (χ0) is 17.6. The highest BCUT2D eigenvalue weighted by Gasteiger charge is 2.26. The van der Waals surface area contributed by atoms with E-state index in [9.17, 15) is 14.4 Å². The van der Waals surface area contributed by atoms with Crippen LogP contribution in [0.15, 0.2) is 30.3 Å². The summed E-state index contributed by atoms with van der Waals surface area (Å²) >= 11 is 0. The Labute approximate surface area is 136 Å². The molecule has 0 aliphatic heterocycles. The number of rotatable bonds is 4. The van der Waals surface area contributed by atoms with Crippen molar-refractivity contribution < 1.29 is 19.1 Å². The molecule has 0 saturated carbocycles. The summed E-state index contributed by atoms with van der Waals surface area (Å²) in [7, 11) is 3.48. The Hall–Kier alpha value is -2.37. The Morgan fingerprint density at radius 1 is 1.22 bits per heavy atom. The molecule has 0 saturated heterocycles. The summed E-state index contributed by atoms with van der Waals surface area (Å²) in [4.78, 5) is 36.6. The van der Waals surface area contributed by atoms with Crippen LogP contribution in [0.4, 0.5) is 4.79 Å². The number of hydrogen-bond donors (Lipinski definition) is 1. The fourth-order valence-electron chi connectivity index (χ4n) is 1.77. The predicted molar refractivity (Wildman–Crippen MR) is 86.2 cm³/mol. The van der Waals surface area contributed by atoms with Crippen molar-refractivity contribution in [2.75, 3.05) is 0 Å². The lowest BCUT2D eigenvalue weighted by Crippen LogP contribution is -2.48. The number of nitrogens with zero attached hydrogens (tertiary/aromatic N) is 1. The minimum Gasteiger partial charge on any atom is -0.444 e. The van der Waals surface area contributed by atoms with Gasteiger partial charge in [0.1, 0.15) is 11.6 Å². The van der Waals surface area contributed by atoms with Crippen molar-refractivity contribution in [2.45, 2.75) is 45.8 Å². The van der Waals surface area contributed by atoms with Crippen LogP contribution in [0, 0.1) is 7.05 Å². The van der Waals surface area contributed by atoms with Gasteiger partial charge in [-0.15, -0.1) is 0 Å². The van der Waals surface area contributed by atoms with Crippen LogP contribution >= 0.6 is 0 Å². The number of benzene rings is 1. The summed E-state index contributed by atoms with van der Waals surface area (Å²) in [6, 6.07) is 8.13. The molecule has 23 heavy (non-hydrogen) atoms. The minimum absolute atomic E-state index is 0.0647. The van der Waals surface area contributed by atoms with E-state index in [1.54, 1.807) is 32.9 Å². The number of ether oxygens (including phenoxy) is 1. The van der Waals surface area contributed by atoms with Crippen molar-refractivity contribution in [1.29, 1.82) is 0 Å². The smallest absolute Gasteiger partial charge is 0.408 e. The first-order valence-corrected chi connectivity index (χ1v) is 7.31. The zero-order valence-corrected chi connectivity index (χ0v) is 14.0. The van der Waals surface area contributed by atoms with Crippen LogP contribution in [0.3, 0.4) is 0 Å². The van der Waals surface area contributed by atoms with Crippen molar-refractivity contribution >= 4 is 17.9 Å². The van der Waals surface area contributed by atoms with E-state index < -0.39 is 29.6 Å². The van der Waals surface area contributed by atoms with E-state index in [1.807, 2.05) is 18.2 Å². The third kappa shape index (κ3) is 6.50. The molecule has 3 amide bonds. The Balaban J connectivity index is 2.58. The molecule has 1 rings (SSSR count). The van der Waals surface area contributed by atoms with Gasteiger partial charge in [0.25, 0.3) is 5.91 Å². The molecule has 0 heterocycles. The lowest BCUT2D eigenvalue weighted by molar-refractivity contribution is -0.142. The van der Waals surface area contributed by atoms with Crippen LogP contribution in [0.5, 0.6) is 0 Å². The molecule has 125 valence electrons. The van der Waals surface area contributed by atoms with Gasteiger partial charge in [-0.3, -0.25) is 14.5 Å². The fraction of sp³-hybridized carbons (Fsp3) is 0.412. The second kappa shape index (κ2) is 7.76. The molecule has 6 heteroatoms. The van der Waals surface area contributed by atoms with E-state index in [-0.39, 0.29) is 6.42 Å². The number of carbonyl (C=O) groups is 3. The third-order valence-corrected chi connectivity index (χ3v) is 2.87. The molecule has 1 atom stereocenters. The van der Waals surface area contributed by atoms with Crippen molar-refractivity contribution in [2.24, 2.45) is 0 Å². The first-order chi connectivity index (χ1) is 10.6. The van der Waals surface area contributed by atoms with E-state index in [2.05, 4.69) is 12.4 Å². The predicted octanol–water partition coefficient (Wildman–Crippen LogP) is 2.29. The summed E-state index contributed by atoms with van der Waals surface area (Å²) in [5.41, 5.74) is 0.117. The lowest BCUT2D eigenvalue weighted by Gasteiger charge is -2.23. The van der Waals surface area contributed by atoms with Crippen LogP contribution in [0.1, 0.15) is 33.3 Å². The van der Waals surface area contributed by atoms with Crippen molar-refractivity contribution in [3.63, 3.8) is 0 Å². The topological polar surface area (TPSA) is 75.7 Å². The molecule has 0 aliphatic rings. The van der Waals surface area contributed by atoms with Crippen LogP contribution in [0.2, 0.25) is 0 Å². The van der Waals surface area contributed by atoms with Crippen LogP contribution in [-0.2, 0) is 20.7 Å². The standard InChI is InChI=1S/C17H23N2O4/c1-12(18-16(22)23-17(2,3)4)15(21)19(5)14(20)11-13-9-7-6-8-10-13/h6-10,12H,5,11H2,1-4H3,(H,18,22)/t12-/m0/s1. The maximum absolute atomic E-state index is 12.1. The van der Waals surface area contributed by atoms with Gasteiger partial charge in [-0.25, -0.2) is 4.79 Å². The van der Waals surface area contributed by atoms with Crippen molar-refractivity contribution in [3.8, 4) is 0 Å². The number of hydrogen-bond acceptors (Lipinski definition) is 4. The van der Waals surface area contributed by atoms with Crippen molar-refractivity contribution in [1.82, 2.24) is 10.2 Å². The van der Waals surface area contributed by atoms with E-state index in [0.29, 0.717) is 0 Å². The van der Waals surface area contributed by atoms with Gasteiger partial charge < -0.3 is 10.1 Å². The molecule has 0 fully saturated rings. The van der Waals surface area contributed by atoms with Crippen LogP contribution in [-0.4, -0.2) is 34.5 Å². The molecule has 0 aliphatic carbocycles. The van der Waals surface area contributed by atoms with Gasteiger partial charge in [0.05, 0.1) is 6.42 Å². The second-order valence-electron chi connectivity index (χ2n) is 6.19. The molecule has 0 spiro atoms. The minimum atomic E-state index is -0.915. The number of imide groups is 1. The molecule has 1 aromatic rings. The molecule has 0 aromatic heterocycles. The Bertz CT molecular complexity index is 564. The molecule has 1 radical (unpaired) electrons. The largest absolute Gasteiger partial charge is 0.444 e. The quantitative estimate of drug-likeness (QED) is 0.924. The summed E-state index contributed by atoms with van der Waals surface area (Å²) in [6.07, 6.45) is -0.655. The monoisotopic (exact) mass is 319 g/mol. The maximum Gasteiger partial charge on any atom is 0.408 e. The molecule has 1 N–H and O–H groups in total. The van der Waals surface area contributed by atoms with Crippen LogP contribution in [0.25, 0.3) is 0 Å². The highest BCUT2D eigenvalue weighted by molar-refractivity contribution is 5.99. The summed E-state index contributed by atoms with van der Waals surface area (Å²) in [5, 5.41) is 2.39. The second-order valence-corrected chi connectivity index (χ2v) is 6.19. The van der Waals surface area contributed by atoms with Gasteiger partial charge in [0, 0.05) is 7.05 Å². The Morgan fingerprint density at radius 3 is 2.30 bits per heavy atom. The molecule has 6 nitrogen and oxygen atoms in total. The van der Waals surface area contributed by atoms with Gasteiger partial charge in [-0.1, -0.05) is 30.3 Å². The summed E-state index contributed by atoms with van der Waals surface area (Å²) in [6.45, 7) is 6.63. The normalized spacial score (nSPS) is 12.2. The molecular formula is C17H23N2O4. The van der Waals surface area contributed by atoms with E-state index in [1.165, 1.54) is 6.92 Å². The van der Waals surface area contributed by atoms with E-state index in [0.717, 1.165) is 10.5 Å². The van der Waals surface area contributed by atoms with Gasteiger partial charge in [-0.05, 0) is 33.3 Å². The first kappa shape index (κ1) is 18.7. The van der Waals surface area contributed by atoms with Gasteiger partial charge in [0.2, 0.25) is 5.91 Å². The average Bonchev–Trinajstić information content (AvgIpc) is 2.44. The molecule has 0 bridgehead atoms. The Kier molecular flexibility index (Phi) is 6.30. The van der Waals surface area contributed by atoms with Gasteiger partial charge >= 0.3 is 6.09 Å². The summed E-state index contributed by atoms with van der Waals surface area (Å²) < 4.78 is 5.07. The maximum atomic E-state index is 12.1. The molecular weight excluding hydrogens is 296 g/mol. The fourth-order valence-corrected chi connectivity index (χ4v) is 1.77. The van der Waals surface area contributed by atoms with Crippen LogP contribution < -0.4 is 5.32 Å². The summed E-state index contributed by atoms with van der Waals surface area (Å²) in [5.74, 6) is -1.05. The van der Waals surface area contributed by atoms with Crippen molar-refractivity contribution in [3.05, 3.63) is 42.9 Å². The number of alkyl carbamates (subject to hydrolysis) is 1. The number of nitrogens with one attached hydrogen (secondary N) is 1. The van der Waals surface area contributed by atoms with E-state index in [4.69, 9.17) is 4.74 Å². The number of carbonyl (C=O) groups excluding carboxylic acids is 3. The first-order valence-electron chi connectivity index (χ1n) is 7.31. The Morgan fingerprint density at radius 2 is 1.78 bits per heavy atom. The average molecular weight is 319 g/mol. The molecule has 0 unspecified atom stereocenters. The highest BCUT2D eigenvalue weighted by atomic mass is 16.6. The third-order valence-electron chi connectivity index (χ3n) is 2.87. The SMILES string of the molecule is [CH2]N(C(=O)Cc1ccccc1)C(=O)[C@H](C)NC(=O)OC(C)(C)C.